The van der Waals surface area contributed by atoms with Gasteiger partial charge in [0.25, 0.3) is 11.8 Å². The number of aromatic nitrogens is 2. The number of halogens is 1. The van der Waals surface area contributed by atoms with Gasteiger partial charge in [-0.1, -0.05) is 22.8 Å². The summed E-state index contributed by atoms with van der Waals surface area (Å²) in [6, 6.07) is 6.87. The molecule has 2 aliphatic rings. The van der Waals surface area contributed by atoms with Gasteiger partial charge in [-0.2, -0.15) is 4.98 Å². The Balaban J connectivity index is 1.36. The molecule has 0 aliphatic carbocycles. The molecule has 150 valence electrons. The van der Waals surface area contributed by atoms with E-state index >= 15 is 0 Å². The monoisotopic (exact) mass is 414 g/mol. The number of benzene rings is 1. The number of hydrogen-bond acceptors (Lipinski definition) is 6. The van der Waals surface area contributed by atoms with Gasteiger partial charge in [0.05, 0.1) is 5.92 Å². The summed E-state index contributed by atoms with van der Waals surface area (Å²) in [6.07, 6.45) is 4.79. The summed E-state index contributed by atoms with van der Waals surface area (Å²) in [4.78, 5) is 34.4. The number of amides is 2. The van der Waals surface area contributed by atoms with Crippen molar-refractivity contribution in [1.82, 2.24) is 15.0 Å². The molecule has 3 heterocycles. The lowest BCUT2D eigenvalue weighted by atomic mass is 9.96. The van der Waals surface area contributed by atoms with Crippen molar-refractivity contribution >= 4 is 29.6 Å². The van der Waals surface area contributed by atoms with Gasteiger partial charge in [-0.15, -0.1) is 0 Å². The van der Waals surface area contributed by atoms with E-state index in [0.29, 0.717) is 29.8 Å². The van der Waals surface area contributed by atoms with Crippen LogP contribution < -0.4 is 4.74 Å². The number of rotatable bonds is 5. The number of allylic oxidation sites excluding steroid dienone is 1. The predicted molar refractivity (Wildman–Crippen MR) is 105 cm³/mol. The lowest BCUT2D eigenvalue weighted by Gasteiger charge is -2.41. The molecule has 2 amide bonds. The average molecular weight is 415 g/mol. The first kappa shape index (κ1) is 19.3. The molecule has 0 bridgehead atoms. The van der Waals surface area contributed by atoms with Crippen LogP contribution in [-0.2, 0) is 9.59 Å². The van der Waals surface area contributed by atoms with Crippen LogP contribution in [0.3, 0.4) is 0 Å². The van der Waals surface area contributed by atoms with Crippen molar-refractivity contribution < 1.29 is 18.8 Å². The van der Waals surface area contributed by atoms with Crippen LogP contribution in [0.15, 0.2) is 45.9 Å². The molecule has 1 unspecified atom stereocenters. The molecule has 8 nitrogen and oxygen atoms in total. The van der Waals surface area contributed by atoms with Crippen LogP contribution in [-0.4, -0.2) is 51.8 Å². The molecular weight excluding hydrogens is 396 g/mol. The second-order valence-electron chi connectivity index (χ2n) is 7.44. The summed E-state index contributed by atoms with van der Waals surface area (Å²) in [7, 11) is 0. The number of likely N-dealkylation sites (tertiary alicyclic amines) is 1. The number of carbonyl (C=O) groups is 2. The first-order chi connectivity index (χ1) is 13.8. The maximum absolute atomic E-state index is 12.8. The zero-order valence-electron chi connectivity index (χ0n) is 15.9. The lowest BCUT2D eigenvalue weighted by molar-refractivity contribution is -0.150. The third-order valence-electron chi connectivity index (χ3n) is 4.81. The highest BCUT2D eigenvalue weighted by atomic mass is 35.5. The van der Waals surface area contributed by atoms with Gasteiger partial charge in [-0.05, 0) is 44.2 Å². The molecular formula is C20H19ClN4O4. The highest BCUT2D eigenvalue weighted by Gasteiger charge is 2.43. The fraction of sp³-hybridized carbons (Fsp3) is 0.350. The summed E-state index contributed by atoms with van der Waals surface area (Å²) in [6.45, 7) is 4.34. The van der Waals surface area contributed by atoms with Crippen molar-refractivity contribution in [3.63, 3.8) is 0 Å². The van der Waals surface area contributed by atoms with Gasteiger partial charge >= 0.3 is 0 Å². The standard InChI is InChI=1S/C20H19ClN4O4/c1-20(2,28-14-7-5-13(21)6-8-14)19(27)25-10-12(11-25)18-23-16(24-29-18)15-4-3-9-22-17(15)26/h3-9,12,15H,10-11H2,1-2H3. The van der Waals surface area contributed by atoms with Gasteiger partial charge in [-0.25, -0.2) is 4.99 Å². The fourth-order valence-electron chi connectivity index (χ4n) is 3.20. The maximum atomic E-state index is 12.8. The summed E-state index contributed by atoms with van der Waals surface area (Å²) in [5, 5.41) is 4.50. The molecule has 1 aromatic heterocycles. The van der Waals surface area contributed by atoms with Crippen LogP contribution in [0.1, 0.15) is 37.4 Å². The zero-order valence-corrected chi connectivity index (χ0v) is 16.7. The Morgan fingerprint density at radius 1 is 1.28 bits per heavy atom. The van der Waals surface area contributed by atoms with Crippen molar-refractivity contribution in [3.05, 3.63) is 53.2 Å². The largest absolute Gasteiger partial charge is 0.478 e. The van der Waals surface area contributed by atoms with Gasteiger partial charge in [-0.3, -0.25) is 9.59 Å². The van der Waals surface area contributed by atoms with E-state index in [9.17, 15) is 9.59 Å². The highest BCUT2D eigenvalue weighted by molar-refractivity contribution is 6.30. The average Bonchev–Trinajstić information content (AvgIpc) is 3.12. The van der Waals surface area contributed by atoms with Crippen molar-refractivity contribution in [2.75, 3.05) is 13.1 Å². The molecule has 29 heavy (non-hydrogen) atoms. The lowest BCUT2D eigenvalue weighted by Crippen LogP contribution is -2.57. The van der Waals surface area contributed by atoms with E-state index in [4.69, 9.17) is 20.9 Å². The van der Waals surface area contributed by atoms with Crippen LogP contribution in [0.2, 0.25) is 5.02 Å². The molecule has 1 fully saturated rings. The van der Waals surface area contributed by atoms with Gasteiger partial charge in [0, 0.05) is 24.3 Å². The van der Waals surface area contributed by atoms with Crippen LogP contribution >= 0.6 is 11.6 Å². The Labute approximate surface area is 172 Å². The number of nitrogens with zero attached hydrogens (tertiary/aromatic N) is 4. The molecule has 4 rings (SSSR count). The smallest absolute Gasteiger partial charge is 0.266 e. The van der Waals surface area contributed by atoms with Crippen molar-refractivity contribution in [1.29, 1.82) is 0 Å². The molecule has 2 aliphatic heterocycles. The summed E-state index contributed by atoms with van der Waals surface area (Å²) in [5.41, 5.74) is -1.03. The summed E-state index contributed by atoms with van der Waals surface area (Å²) >= 11 is 5.88. The zero-order chi connectivity index (χ0) is 20.6. The van der Waals surface area contributed by atoms with E-state index in [1.54, 1.807) is 55.2 Å². The summed E-state index contributed by atoms with van der Waals surface area (Å²) < 4.78 is 11.2. The van der Waals surface area contributed by atoms with Crippen LogP contribution in [0, 0.1) is 0 Å². The third-order valence-corrected chi connectivity index (χ3v) is 5.06. The molecule has 9 heteroatoms. The SMILES string of the molecule is CC(C)(Oc1ccc(Cl)cc1)C(=O)N1CC(c2nc(C3C=CC=NC3=O)no2)C1. The predicted octanol–water partition coefficient (Wildman–Crippen LogP) is 2.76. The number of hydrogen-bond donors (Lipinski definition) is 0. The van der Waals surface area contributed by atoms with Crippen molar-refractivity contribution in [3.8, 4) is 5.75 Å². The molecule has 1 saturated heterocycles. The van der Waals surface area contributed by atoms with Gasteiger partial charge < -0.3 is 14.2 Å². The van der Waals surface area contributed by atoms with Crippen LogP contribution in [0.5, 0.6) is 5.75 Å². The second kappa shape index (κ2) is 7.44. The van der Waals surface area contributed by atoms with Crippen LogP contribution in [0.4, 0.5) is 0 Å². The fourth-order valence-corrected chi connectivity index (χ4v) is 3.32. The van der Waals surface area contributed by atoms with E-state index in [0.717, 1.165) is 0 Å². The number of carbonyl (C=O) groups excluding carboxylic acids is 2. The Kier molecular flexibility index (Phi) is 4.96. The quantitative estimate of drug-likeness (QED) is 0.746. The maximum Gasteiger partial charge on any atom is 0.266 e. The van der Waals surface area contributed by atoms with Crippen LogP contribution in [0.25, 0.3) is 0 Å². The minimum absolute atomic E-state index is 0.0716. The Bertz CT molecular complexity index is 990. The van der Waals surface area contributed by atoms with E-state index in [-0.39, 0.29) is 23.6 Å². The van der Waals surface area contributed by atoms with Gasteiger partial charge in [0.15, 0.2) is 11.4 Å². The second-order valence-corrected chi connectivity index (χ2v) is 7.88. The Hall–Kier alpha value is -3.00. The molecule has 0 N–H and O–H groups in total. The van der Waals surface area contributed by atoms with E-state index in [1.807, 2.05) is 0 Å². The number of aliphatic imine (C=N–C) groups is 1. The number of ether oxygens (including phenoxy) is 1. The first-order valence-electron chi connectivity index (χ1n) is 9.15. The van der Waals surface area contributed by atoms with E-state index < -0.39 is 11.5 Å². The van der Waals surface area contributed by atoms with E-state index in [1.165, 1.54) is 6.21 Å². The molecule has 1 atom stereocenters. The minimum atomic E-state index is -1.03. The summed E-state index contributed by atoms with van der Waals surface area (Å²) in [5.74, 6) is 0.110. The molecule has 0 radical (unpaired) electrons. The Morgan fingerprint density at radius 2 is 2.00 bits per heavy atom. The molecule has 0 spiro atoms. The highest BCUT2D eigenvalue weighted by Crippen LogP contribution is 2.31. The van der Waals surface area contributed by atoms with Gasteiger partial charge in [0.1, 0.15) is 11.7 Å². The number of dihydropyridines is 1. The minimum Gasteiger partial charge on any atom is -0.478 e. The molecule has 2 aromatic rings. The molecule has 0 saturated carbocycles. The van der Waals surface area contributed by atoms with E-state index in [2.05, 4.69) is 15.1 Å². The third kappa shape index (κ3) is 3.93. The van der Waals surface area contributed by atoms with Crippen molar-refractivity contribution in [2.24, 2.45) is 4.99 Å². The van der Waals surface area contributed by atoms with Crippen molar-refractivity contribution in [2.45, 2.75) is 31.3 Å². The first-order valence-corrected chi connectivity index (χ1v) is 9.53. The van der Waals surface area contributed by atoms with Gasteiger partial charge in [0.2, 0.25) is 5.89 Å². The topological polar surface area (TPSA) is 97.9 Å². The Morgan fingerprint density at radius 3 is 2.69 bits per heavy atom. The normalized spacial score (nSPS) is 19.3. The molecule has 1 aromatic carbocycles.